The van der Waals surface area contributed by atoms with Gasteiger partial charge in [-0.3, -0.25) is 4.79 Å². The van der Waals surface area contributed by atoms with Gasteiger partial charge in [0, 0.05) is 25.2 Å². The molecule has 0 aromatic heterocycles. The SMILES string of the molecule is CCc1ccc(NC(=O)CCc2ccc(S(=O)(=O)N3CCOCC3)cc2)cc1. The maximum absolute atomic E-state index is 12.6. The first kappa shape index (κ1) is 20.5. The Morgan fingerprint density at radius 3 is 2.21 bits per heavy atom. The molecule has 1 heterocycles. The topological polar surface area (TPSA) is 75.7 Å². The van der Waals surface area contributed by atoms with Crippen molar-refractivity contribution in [1.82, 2.24) is 4.31 Å². The predicted octanol–water partition coefficient (Wildman–Crippen LogP) is 2.84. The number of nitrogens with zero attached hydrogens (tertiary/aromatic N) is 1. The lowest BCUT2D eigenvalue weighted by atomic mass is 10.1. The molecule has 0 saturated carbocycles. The van der Waals surface area contributed by atoms with Crippen molar-refractivity contribution in [2.45, 2.75) is 31.1 Å². The van der Waals surface area contributed by atoms with Crippen LogP contribution in [0.15, 0.2) is 53.4 Å². The Morgan fingerprint density at radius 1 is 1.00 bits per heavy atom. The van der Waals surface area contributed by atoms with Crippen LogP contribution in [0.5, 0.6) is 0 Å². The fourth-order valence-electron chi connectivity index (χ4n) is 3.07. The Balaban J connectivity index is 1.54. The summed E-state index contributed by atoms with van der Waals surface area (Å²) < 4.78 is 31.9. The summed E-state index contributed by atoms with van der Waals surface area (Å²) in [5.74, 6) is -0.0609. The van der Waals surface area contributed by atoms with Crippen LogP contribution in [0.3, 0.4) is 0 Å². The highest BCUT2D eigenvalue weighted by molar-refractivity contribution is 7.89. The molecule has 1 aliphatic heterocycles. The second-order valence-electron chi connectivity index (χ2n) is 6.76. The third kappa shape index (κ3) is 5.19. The Morgan fingerprint density at radius 2 is 1.61 bits per heavy atom. The lowest BCUT2D eigenvalue weighted by Crippen LogP contribution is -2.40. The third-order valence-electron chi connectivity index (χ3n) is 4.82. The van der Waals surface area contributed by atoms with Gasteiger partial charge in [0.2, 0.25) is 15.9 Å². The highest BCUT2D eigenvalue weighted by Crippen LogP contribution is 2.18. The van der Waals surface area contributed by atoms with Gasteiger partial charge in [0.05, 0.1) is 18.1 Å². The van der Waals surface area contributed by atoms with E-state index in [0.29, 0.717) is 39.1 Å². The number of anilines is 1. The largest absolute Gasteiger partial charge is 0.379 e. The molecule has 1 N–H and O–H groups in total. The number of hydrogen-bond donors (Lipinski definition) is 1. The van der Waals surface area contributed by atoms with E-state index in [1.54, 1.807) is 24.3 Å². The number of hydrogen-bond acceptors (Lipinski definition) is 4. The smallest absolute Gasteiger partial charge is 0.243 e. The van der Waals surface area contributed by atoms with Gasteiger partial charge in [-0.2, -0.15) is 4.31 Å². The molecule has 0 bridgehead atoms. The molecule has 3 rings (SSSR count). The molecule has 0 unspecified atom stereocenters. The second kappa shape index (κ2) is 9.32. The van der Waals surface area contributed by atoms with Gasteiger partial charge in [0.1, 0.15) is 0 Å². The molecule has 1 fully saturated rings. The van der Waals surface area contributed by atoms with Gasteiger partial charge >= 0.3 is 0 Å². The lowest BCUT2D eigenvalue weighted by molar-refractivity contribution is -0.116. The van der Waals surface area contributed by atoms with Crippen LogP contribution in [0, 0.1) is 0 Å². The zero-order chi connectivity index (χ0) is 20.0. The quantitative estimate of drug-likeness (QED) is 0.773. The lowest BCUT2D eigenvalue weighted by Gasteiger charge is -2.26. The summed E-state index contributed by atoms with van der Waals surface area (Å²) in [6.07, 6.45) is 1.85. The molecule has 150 valence electrons. The van der Waals surface area contributed by atoms with Gasteiger partial charge < -0.3 is 10.1 Å². The predicted molar refractivity (Wildman–Crippen MR) is 109 cm³/mol. The van der Waals surface area contributed by atoms with E-state index in [4.69, 9.17) is 4.74 Å². The van der Waals surface area contributed by atoms with E-state index >= 15 is 0 Å². The first-order valence-corrected chi connectivity index (χ1v) is 11.0. The van der Waals surface area contributed by atoms with Crippen LogP contribution in [-0.2, 0) is 32.4 Å². The molecule has 1 aliphatic rings. The van der Waals surface area contributed by atoms with Crippen LogP contribution >= 0.6 is 0 Å². The number of carbonyl (C=O) groups excluding carboxylic acids is 1. The molecular weight excluding hydrogens is 376 g/mol. The van der Waals surface area contributed by atoms with Crippen LogP contribution in [0.2, 0.25) is 0 Å². The molecule has 2 aromatic carbocycles. The summed E-state index contributed by atoms with van der Waals surface area (Å²) in [7, 11) is -3.48. The van der Waals surface area contributed by atoms with Crippen molar-refractivity contribution in [3.63, 3.8) is 0 Å². The maximum Gasteiger partial charge on any atom is 0.243 e. The van der Waals surface area contributed by atoms with Crippen molar-refractivity contribution in [3.8, 4) is 0 Å². The molecule has 0 aliphatic carbocycles. The van der Waals surface area contributed by atoms with Crippen molar-refractivity contribution in [1.29, 1.82) is 0 Å². The molecule has 6 nitrogen and oxygen atoms in total. The fraction of sp³-hybridized carbons (Fsp3) is 0.381. The van der Waals surface area contributed by atoms with E-state index in [1.807, 2.05) is 24.3 Å². The Bertz CT molecular complexity index is 887. The summed E-state index contributed by atoms with van der Waals surface area (Å²) in [4.78, 5) is 12.4. The minimum absolute atomic E-state index is 0.0609. The molecule has 1 amide bonds. The van der Waals surface area contributed by atoms with E-state index in [1.165, 1.54) is 9.87 Å². The van der Waals surface area contributed by atoms with Gasteiger partial charge in [0.15, 0.2) is 0 Å². The Hall–Kier alpha value is -2.22. The minimum Gasteiger partial charge on any atom is -0.379 e. The average molecular weight is 403 g/mol. The zero-order valence-electron chi connectivity index (χ0n) is 16.1. The average Bonchev–Trinajstić information content (AvgIpc) is 2.74. The van der Waals surface area contributed by atoms with Crippen LogP contribution < -0.4 is 5.32 Å². The number of ether oxygens (including phenoxy) is 1. The van der Waals surface area contributed by atoms with Gasteiger partial charge in [-0.25, -0.2) is 8.42 Å². The number of sulfonamides is 1. The molecule has 28 heavy (non-hydrogen) atoms. The third-order valence-corrected chi connectivity index (χ3v) is 6.73. The number of carbonyl (C=O) groups is 1. The van der Waals surface area contributed by atoms with Crippen LogP contribution in [-0.4, -0.2) is 44.9 Å². The molecule has 0 atom stereocenters. The summed E-state index contributed by atoms with van der Waals surface area (Å²) in [6.45, 7) is 3.69. The van der Waals surface area contributed by atoms with Crippen LogP contribution in [0.25, 0.3) is 0 Å². The van der Waals surface area contributed by atoms with Crippen molar-refractivity contribution in [2.24, 2.45) is 0 Å². The summed E-state index contributed by atoms with van der Waals surface area (Å²) in [6, 6.07) is 14.6. The monoisotopic (exact) mass is 402 g/mol. The van der Waals surface area contributed by atoms with E-state index in [9.17, 15) is 13.2 Å². The number of morpholine rings is 1. The summed E-state index contributed by atoms with van der Waals surface area (Å²) in [5, 5.41) is 2.89. The van der Waals surface area contributed by atoms with E-state index in [-0.39, 0.29) is 10.8 Å². The molecule has 0 spiro atoms. The van der Waals surface area contributed by atoms with E-state index in [2.05, 4.69) is 12.2 Å². The molecule has 2 aromatic rings. The van der Waals surface area contributed by atoms with Gasteiger partial charge in [0.25, 0.3) is 0 Å². The highest BCUT2D eigenvalue weighted by atomic mass is 32.2. The number of aryl methyl sites for hydroxylation is 2. The highest BCUT2D eigenvalue weighted by Gasteiger charge is 2.26. The molecule has 1 saturated heterocycles. The number of rotatable bonds is 7. The summed E-state index contributed by atoms with van der Waals surface area (Å²) >= 11 is 0. The van der Waals surface area contributed by atoms with Crippen molar-refractivity contribution in [3.05, 3.63) is 59.7 Å². The Kier molecular flexibility index (Phi) is 6.83. The van der Waals surface area contributed by atoms with Crippen molar-refractivity contribution < 1.29 is 17.9 Å². The fourth-order valence-corrected chi connectivity index (χ4v) is 4.48. The first-order chi connectivity index (χ1) is 13.5. The molecule has 7 heteroatoms. The van der Waals surface area contributed by atoms with E-state index < -0.39 is 10.0 Å². The molecule has 0 radical (unpaired) electrons. The van der Waals surface area contributed by atoms with Gasteiger partial charge in [-0.15, -0.1) is 0 Å². The minimum atomic E-state index is -3.48. The number of nitrogens with one attached hydrogen (secondary N) is 1. The normalized spacial score (nSPS) is 15.3. The maximum atomic E-state index is 12.6. The van der Waals surface area contributed by atoms with Crippen molar-refractivity contribution in [2.75, 3.05) is 31.6 Å². The van der Waals surface area contributed by atoms with Crippen LogP contribution in [0.1, 0.15) is 24.5 Å². The number of benzene rings is 2. The van der Waals surface area contributed by atoms with Gasteiger partial charge in [-0.1, -0.05) is 31.2 Å². The summed E-state index contributed by atoms with van der Waals surface area (Å²) in [5.41, 5.74) is 2.94. The first-order valence-electron chi connectivity index (χ1n) is 9.54. The van der Waals surface area contributed by atoms with Crippen LogP contribution in [0.4, 0.5) is 5.69 Å². The van der Waals surface area contributed by atoms with Gasteiger partial charge in [-0.05, 0) is 48.2 Å². The Labute approximate surface area is 166 Å². The molecular formula is C21H26N2O4S. The van der Waals surface area contributed by atoms with E-state index in [0.717, 1.165) is 17.7 Å². The van der Waals surface area contributed by atoms with Crippen molar-refractivity contribution >= 4 is 21.6 Å². The number of amides is 1. The standard InChI is InChI=1S/C21H26N2O4S/c1-2-17-3-8-19(9-4-17)22-21(24)12-7-18-5-10-20(11-6-18)28(25,26)23-13-15-27-16-14-23/h3-6,8-11H,2,7,12-16H2,1H3,(H,22,24). The second-order valence-corrected chi connectivity index (χ2v) is 8.70. The zero-order valence-corrected chi connectivity index (χ0v) is 16.9.